The maximum atomic E-state index is 12.3. The number of nitrogens with one attached hydrogen (secondary N) is 1. The van der Waals surface area contributed by atoms with Crippen LogP contribution in [-0.4, -0.2) is 16.7 Å². The van der Waals surface area contributed by atoms with Crippen LogP contribution in [0.15, 0.2) is 78.9 Å². The quantitative estimate of drug-likeness (QED) is 0.441. The minimum absolute atomic E-state index is 0.0287. The van der Waals surface area contributed by atoms with Gasteiger partial charge in [0.1, 0.15) is 5.01 Å². The van der Waals surface area contributed by atoms with Gasteiger partial charge in [-0.1, -0.05) is 54.6 Å². The minimum Gasteiger partial charge on any atom is -0.326 e. The molecule has 1 N–H and O–H groups in total. The number of aromatic nitrogens is 1. The van der Waals surface area contributed by atoms with E-state index in [9.17, 15) is 9.59 Å². The van der Waals surface area contributed by atoms with E-state index in [1.54, 1.807) is 23.5 Å². The van der Waals surface area contributed by atoms with Crippen LogP contribution < -0.4 is 5.32 Å². The number of fused-ring (bicyclic) bond motifs is 1. The molecule has 138 valence electrons. The van der Waals surface area contributed by atoms with Crippen molar-refractivity contribution in [2.24, 2.45) is 0 Å². The van der Waals surface area contributed by atoms with Gasteiger partial charge in [-0.3, -0.25) is 9.59 Å². The fourth-order valence-electron chi connectivity index (χ4n) is 2.94. The normalized spacial score (nSPS) is 10.7. The predicted molar refractivity (Wildman–Crippen MR) is 114 cm³/mol. The molecule has 4 aromatic rings. The summed E-state index contributed by atoms with van der Waals surface area (Å²) in [6.07, 6.45) is 0.340. The van der Waals surface area contributed by atoms with Crippen molar-refractivity contribution in [3.05, 3.63) is 84.4 Å². The van der Waals surface area contributed by atoms with Gasteiger partial charge in [-0.05, 0) is 24.3 Å². The fourth-order valence-corrected chi connectivity index (χ4v) is 3.91. The Kier molecular flexibility index (Phi) is 5.26. The maximum Gasteiger partial charge on any atom is 0.224 e. The number of ketones is 1. The first-order valence-electron chi connectivity index (χ1n) is 9.03. The Balaban J connectivity index is 1.41. The van der Waals surface area contributed by atoms with Gasteiger partial charge in [0.15, 0.2) is 5.78 Å². The number of carbonyl (C=O) groups is 2. The van der Waals surface area contributed by atoms with Crippen LogP contribution in [0.3, 0.4) is 0 Å². The molecule has 4 rings (SSSR count). The monoisotopic (exact) mass is 386 g/mol. The standard InChI is InChI=1S/C23H18N2O2S/c26-20(16-7-2-1-3-8-16)13-14-22(27)24-18-10-6-9-17(15-18)23-25-19-11-4-5-12-21(19)28-23/h1-12,15H,13-14H2,(H,24,27). The largest absolute Gasteiger partial charge is 0.326 e. The highest BCUT2D eigenvalue weighted by Gasteiger charge is 2.11. The Hall–Kier alpha value is -3.31. The minimum atomic E-state index is -0.175. The molecule has 0 bridgehead atoms. The molecule has 1 amide bonds. The number of para-hydroxylation sites is 1. The van der Waals surface area contributed by atoms with Crippen molar-refractivity contribution in [1.82, 2.24) is 4.98 Å². The van der Waals surface area contributed by atoms with E-state index in [1.165, 1.54) is 0 Å². The second-order valence-electron chi connectivity index (χ2n) is 6.40. The van der Waals surface area contributed by atoms with Gasteiger partial charge in [-0.15, -0.1) is 11.3 Å². The van der Waals surface area contributed by atoms with Crippen LogP contribution >= 0.6 is 11.3 Å². The summed E-state index contributed by atoms with van der Waals surface area (Å²) in [7, 11) is 0. The summed E-state index contributed by atoms with van der Waals surface area (Å²) >= 11 is 1.62. The molecule has 1 aromatic heterocycles. The highest BCUT2D eigenvalue weighted by Crippen LogP contribution is 2.31. The number of carbonyl (C=O) groups excluding carboxylic acids is 2. The molecule has 3 aromatic carbocycles. The highest BCUT2D eigenvalue weighted by molar-refractivity contribution is 7.21. The third-order valence-corrected chi connectivity index (χ3v) is 5.45. The molecule has 0 radical (unpaired) electrons. The Labute approximate surface area is 166 Å². The molecule has 28 heavy (non-hydrogen) atoms. The molecule has 0 spiro atoms. The summed E-state index contributed by atoms with van der Waals surface area (Å²) in [6.45, 7) is 0. The zero-order chi connectivity index (χ0) is 19.3. The molecule has 0 saturated carbocycles. The van der Waals surface area contributed by atoms with Gasteiger partial charge in [0.2, 0.25) is 5.91 Å². The number of hydrogen-bond donors (Lipinski definition) is 1. The third-order valence-electron chi connectivity index (χ3n) is 4.36. The molecule has 4 nitrogen and oxygen atoms in total. The number of benzene rings is 3. The number of rotatable bonds is 6. The van der Waals surface area contributed by atoms with Crippen molar-refractivity contribution in [2.75, 3.05) is 5.32 Å². The van der Waals surface area contributed by atoms with E-state index in [1.807, 2.05) is 66.7 Å². The molecule has 0 aliphatic heterocycles. The number of Topliss-reactive ketones (excluding diaryl/α,β-unsaturated/α-hetero) is 1. The number of amides is 1. The van der Waals surface area contributed by atoms with Gasteiger partial charge < -0.3 is 5.32 Å². The molecule has 0 fully saturated rings. The Morgan fingerprint density at radius 2 is 1.64 bits per heavy atom. The summed E-state index contributed by atoms with van der Waals surface area (Å²) in [5, 5.41) is 3.79. The first kappa shape index (κ1) is 18.1. The zero-order valence-corrected chi connectivity index (χ0v) is 15.9. The lowest BCUT2D eigenvalue weighted by Crippen LogP contribution is -2.13. The topological polar surface area (TPSA) is 59.1 Å². The highest BCUT2D eigenvalue weighted by atomic mass is 32.1. The van der Waals surface area contributed by atoms with Crippen molar-refractivity contribution in [2.45, 2.75) is 12.8 Å². The Morgan fingerprint density at radius 3 is 2.46 bits per heavy atom. The first-order valence-corrected chi connectivity index (χ1v) is 9.85. The van der Waals surface area contributed by atoms with Crippen molar-refractivity contribution < 1.29 is 9.59 Å². The van der Waals surface area contributed by atoms with Gasteiger partial charge >= 0.3 is 0 Å². The van der Waals surface area contributed by atoms with E-state index in [0.29, 0.717) is 11.3 Å². The van der Waals surface area contributed by atoms with Crippen LogP contribution in [0.2, 0.25) is 0 Å². The summed E-state index contributed by atoms with van der Waals surface area (Å²) < 4.78 is 1.13. The second kappa shape index (κ2) is 8.15. The molecule has 5 heteroatoms. The molecule has 0 saturated heterocycles. The van der Waals surface area contributed by atoms with Crippen LogP contribution in [0.5, 0.6) is 0 Å². The SMILES string of the molecule is O=C(CCC(=O)c1ccccc1)Nc1cccc(-c2nc3ccccc3s2)c1. The lowest BCUT2D eigenvalue weighted by atomic mass is 10.1. The van der Waals surface area contributed by atoms with Gasteiger partial charge in [-0.25, -0.2) is 4.98 Å². The second-order valence-corrected chi connectivity index (χ2v) is 7.44. The summed E-state index contributed by atoms with van der Waals surface area (Å²) in [5.41, 5.74) is 3.26. The van der Waals surface area contributed by atoms with Crippen molar-refractivity contribution in [3.8, 4) is 10.6 Å². The molecule has 0 aliphatic carbocycles. The fraction of sp³-hybridized carbons (Fsp3) is 0.0870. The smallest absolute Gasteiger partial charge is 0.224 e. The van der Waals surface area contributed by atoms with Gasteiger partial charge in [0.05, 0.1) is 10.2 Å². The van der Waals surface area contributed by atoms with Crippen molar-refractivity contribution >= 4 is 38.9 Å². The molecule has 0 unspecified atom stereocenters. The summed E-state index contributed by atoms with van der Waals surface area (Å²) in [5.74, 6) is -0.204. The number of thiazole rings is 1. The van der Waals surface area contributed by atoms with Gasteiger partial charge in [0, 0.05) is 29.7 Å². The van der Waals surface area contributed by atoms with Crippen LogP contribution in [0.25, 0.3) is 20.8 Å². The maximum absolute atomic E-state index is 12.3. The average molecular weight is 386 g/mol. The molecule has 0 aliphatic rings. The summed E-state index contributed by atoms with van der Waals surface area (Å²) in [6, 6.07) is 24.7. The first-order chi connectivity index (χ1) is 13.7. The van der Waals surface area contributed by atoms with Crippen LogP contribution in [-0.2, 0) is 4.79 Å². The van der Waals surface area contributed by atoms with Crippen molar-refractivity contribution in [3.63, 3.8) is 0 Å². The Bertz CT molecular complexity index is 1100. The van der Waals surface area contributed by atoms with E-state index in [2.05, 4.69) is 10.3 Å². The average Bonchev–Trinajstić information content (AvgIpc) is 3.17. The number of nitrogens with zero attached hydrogens (tertiary/aromatic N) is 1. The van der Waals surface area contributed by atoms with Crippen LogP contribution in [0.1, 0.15) is 23.2 Å². The molecular weight excluding hydrogens is 368 g/mol. The number of anilines is 1. The number of hydrogen-bond acceptors (Lipinski definition) is 4. The predicted octanol–water partition coefficient (Wildman–Crippen LogP) is 5.56. The van der Waals surface area contributed by atoms with Gasteiger partial charge in [0.25, 0.3) is 0 Å². The molecule has 1 heterocycles. The lowest BCUT2D eigenvalue weighted by Gasteiger charge is -2.06. The summed E-state index contributed by atoms with van der Waals surface area (Å²) in [4.78, 5) is 29.1. The van der Waals surface area contributed by atoms with E-state index in [4.69, 9.17) is 0 Å². The van der Waals surface area contributed by atoms with Crippen LogP contribution in [0.4, 0.5) is 5.69 Å². The molecular formula is C23H18N2O2S. The zero-order valence-electron chi connectivity index (χ0n) is 15.1. The third kappa shape index (κ3) is 4.15. The van der Waals surface area contributed by atoms with Gasteiger partial charge in [-0.2, -0.15) is 0 Å². The van der Waals surface area contributed by atoms with E-state index < -0.39 is 0 Å². The van der Waals surface area contributed by atoms with E-state index >= 15 is 0 Å². The van der Waals surface area contributed by atoms with Crippen molar-refractivity contribution in [1.29, 1.82) is 0 Å². The lowest BCUT2D eigenvalue weighted by molar-refractivity contribution is -0.116. The molecule has 0 atom stereocenters. The Morgan fingerprint density at radius 1 is 0.857 bits per heavy atom. The van der Waals surface area contributed by atoms with E-state index in [-0.39, 0.29) is 24.5 Å². The van der Waals surface area contributed by atoms with Crippen LogP contribution in [0, 0.1) is 0 Å². The van der Waals surface area contributed by atoms with E-state index in [0.717, 1.165) is 20.8 Å².